The van der Waals surface area contributed by atoms with Crippen LogP contribution in [0.2, 0.25) is 0 Å². The summed E-state index contributed by atoms with van der Waals surface area (Å²) in [6.45, 7) is 2.96. The van der Waals surface area contributed by atoms with Crippen LogP contribution in [0.5, 0.6) is 0 Å². The molecule has 0 unspecified atom stereocenters. The van der Waals surface area contributed by atoms with E-state index in [0.29, 0.717) is 39.0 Å². The minimum atomic E-state index is -1.17. The number of likely N-dealkylation sites (tertiary alicyclic amines) is 1. The first-order valence-corrected chi connectivity index (χ1v) is 11.0. The fraction of sp³-hybridized carbons (Fsp3) is 0.652. The highest BCUT2D eigenvalue weighted by Crippen LogP contribution is 2.39. The van der Waals surface area contributed by atoms with Crippen LogP contribution in [0.3, 0.4) is 0 Å². The van der Waals surface area contributed by atoms with Gasteiger partial charge in [0.15, 0.2) is 0 Å². The van der Waals surface area contributed by atoms with Gasteiger partial charge in [-0.3, -0.25) is 9.59 Å². The van der Waals surface area contributed by atoms with E-state index in [-0.39, 0.29) is 24.7 Å². The number of amides is 2. The van der Waals surface area contributed by atoms with Crippen molar-refractivity contribution in [3.8, 4) is 0 Å². The van der Waals surface area contributed by atoms with Gasteiger partial charge >= 0.3 is 0 Å². The second-order valence-electron chi connectivity index (χ2n) is 9.19. The summed E-state index contributed by atoms with van der Waals surface area (Å²) in [6, 6.07) is 6.04. The number of aliphatic hydroxyl groups is 2. The van der Waals surface area contributed by atoms with Crippen LogP contribution in [0.15, 0.2) is 18.2 Å². The molecule has 0 aromatic heterocycles. The number of nitrogens with zero attached hydrogens (tertiary/aromatic N) is 1. The largest absolute Gasteiger partial charge is 0.387 e. The van der Waals surface area contributed by atoms with E-state index in [1.54, 1.807) is 11.8 Å². The van der Waals surface area contributed by atoms with Crippen LogP contribution in [-0.4, -0.2) is 63.9 Å². The molecular formula is C23H32N2O5. The first kappa shape index (κ1) is 21.3. The van der Waals surface area contributed by atoms with Crippen LogP contribution in [-0.2, 0) is 27.2 Å². The molecule has 1 aromatic rings. The molecule has 2 saturated heterocycles. The lowest BCUT2D eigenvalue weighted by Crippen LogP contribution is -2.64. The summed E-state index contributed by atoms with van der Waals surface area (Å²) in [4.78, 5) is 26.6. The monoisotopic (exact) mass is 416 g/mol. The van der Waals surface area contributed by atoms with Crippen LogP contribution >= 0.6 is 0 Å². The van der Waals surface area contributed by atoms with E-state index >= 15 is 0 Å². The van der Waals surface area contributed by atoms with Gasteiger partial charge in [-0.05, 0) is 62.3 Å². The first-order chi connectivity index (χ1) is 14.3. The number of carbonyl (C=O) groups is 2. The number of benzene rings is 1. The molecule has 2 fully saturated rings. The molecular weight excluding hydrogens is 384 g/mol. The van der Waals surface area contributed by atoms with Gasteiger partial charge in [0.1, 0.15) is 11.7 Å². The van der Waals surface area contributed by atoms with Crippen molar-refractivity contribution in [3.05, 3.63) is 29.3 Å². The van der Waals surface area contributed by atoms with Crippen LogP contribution in [0.1, 0.15) is 56.6 Å². The van der Waals surface area contributed by atoms with E-state index in [0.717, 1.165) is 24.9 Å². The standard InChI is InChI=1S/C23H32N2O5/c1-22(29)11-14-30-23(21(22)28)9-12-25(13-10-23)20(27)8-7-19(26)24-18-6-5-16-3-2-4-17(16)15-18/h5-6,15,21,28-29H,2-4,7-14H2,1H3,(H,24,26)/t21-,22+/m0/s1. The van der Waals surface area contributed by atoms with Gasteiger partial charge in [-0.15, -0.1) is 0 Å². The molecule has 1 spiro atoms. The van der Waals surface area contributed by atoms with Gasteiger partial charge in [0.05, 0.1) is 12.2 Å². The topological polar surface area (TPSA) is 99.1 Å². The second kappa shape index (κ2) is 8.29. The Morgan fingerprint density at radius 2 is 1.90 bits per heavy atom. The number of fused-ring (bicyclic) bond motifs is 1. The third kappa shape index (κ3) is 4.24. The van der Waals surface area contributed by atoms with E-state index in [4.69, 9.17) is 4.74 Å². The number of ether oxygens (including phenoxy) is 1. The van der Waals surface area contributed by atoms with E-state index in [1.807, 2.05) is 12.1 Å². The third-order valence-corrected chi connectivity index (χ3v) is 7.00. The Morgan fingerprint density at radius 3 is 2.67 bits per heavy atom. The molecule has 0 radical (unpaired) electrons. The maximum atomic E-state index is 12.6. The summed E-state index contributed by atoms with van der Waals surface area (Å²) >= 11 is 0. The zero-order valence-electron chi connectivity index (χ0n) is 17.7. The van der Waals surface area contributed by atoms with Gasteiger partial charge in [0, 0.05) is 38.0 Å². The Labute approximate surface area is 177 Å². The summed E-state index contributed by atoms with van der Waals surface area (Å²) in [5.74, 6) is -0.220. The van der Waals surface area contributed by atoms with Crippen molar-refractivity contribution in [1.82, 2.24) is 4.90 Å². The molecule has 2 amide bonds. The summed E-state index contributed by atoms with van der Waals surface area (Å²) in [5.41, 5.74) is 1.50. The van der Waals surface area contributed by atoms with Crippen molar-refractivity contribution in [2.24, 2.45) is 0 Å². The summed E-state index contributed by atoms with van der Waals surface area (Å²) in [7, 11) is 0. The average molecular weight is 417 g/mol. The SMILES string of the molecule is C[C@@]1(O)CCOC2(CCN(C(=O)CCC(=O)Nc3ccc4c(c3)CCC4)CC2)[C@H]1O. The smallest absolute Gasteiger partial charge is 0.224 e. The van der Waals surface area contributed by atoms with Gasteiger partial charge in [0.2, 0.25) is 11.8 Å². The number of nitrogens with one attached hydrogen (secondary N) is 1. The molecule has 2 atom stereocenters. The molecule has 30 heavy (non-hydrogen) atoms. The van der Waals surface area contributed by atoms with Crippen LogP contribution in [0, 0.1) is 0 Å². The molecule has 3 N–H and O–H groups in total. The number of hydrogen-bond acceptors (Lipinski definition) is 5. The fourth-order valence-corrected chi connectivity index (χ4v) is 5.05. The molecule has 0 saturated carbocycles. The van der Waals surface area contributed by atoms with Crippen LogP contribution in [0.25, 0.3) is 0 Å². The van der Waals surface area contributed by atoms with E-state index < -0.39 is 17.3 Å². The number of anilines is 1. The average Bonchev–Trinajstić information content (AvgIpc) is 3.19. The van der Waals surface area contributed by atoms with Crippen molar-refractivity contribution in [2.45, 2.75) is 75.6 Å². The Morgan fingerprint density at radius 1 is 1.17 bits per heavy atom. The summed E-state index contributed by atoms with van der Waals surface area (Å²) in [6.07, 6.45) is 4.03. The van der Waals surface area contributed by atoms with E-state index in [2.05, 4.69) is 11.4 Å². The Balaban J connectivity index is 1.25. The highest BCUT2D eigenvalue weighted by Gasteiger charge is 2.52. The van der Waals surface area contributed by atoms with Gasteiger partial charge in [0.25, 0.3) is 0 Å². The molecule has 1 aliphatic carbocycles. The number of aryl methyl sites for hydroxylation is 2. The maximum absolute atomic E-state index is 12.6. The summed E-state index contributed by atoms with van der Waals surface area (Å²) < 4.78 is 5.87. The number of piperidine rings is 1. The minimum Gasteiger partial charge on any atom is -0.387 e. The number of hydrogen-bond donors (Lipinski definition) is 3. The molecule has 0 bridgehead atoms. The lowest BCUT2D eigenvalue weighted by Gasteiger charge is -2.51. The highest BCUT2D eigenvalue weighted by molar-refractivity contribution is 5.93. The van der Waals surface area contributed by atoms with Crippen LogP contribution in [0.4, 0.5) is 5.69 Å². The van der Waals surface area contributed by atoms with E-state index in [1.165, 1.54) is 11.1 Å². The fourth-order valence-electron chi connectivity index (χ4n) is 5.05. The van der Waals surface area contributed by atoms with Gasteiger partial charge in [-0.25, -0.2) is 0 Å². The van der Waals surface area contributed by atoms with Crippen molar-refractivity contribution >= 4 is 17.5 Å². The van der Waals surface area contributed by atoms with Crippen molar-refractivity contribution < 1.29 is 24.5 Å². The number of aliphatic hydroxyl groups excluding tert-OH is 1. The van der Waals surface area contributed by atoms with Crippen molar-refractivity contribution in [1.29, 1.82) is 0 Å². The quantitative estimate of drug-likeness (QED) is 0.695. The molecule has 1 aromatic carbocycles. The van der Waals surface area contributed by atoms with Gasteiger partial charge < -0.3 is 25.2 Å². The molecule has 3 aliphatic rings. The normalized spacial score (nSPS) is 27.7. The van der Waals surface area contributed by atoms with Crippen molar-refractivity contribution in [2.75, 3.05) is 25.0 Å². The predicted molar refractivity (Wildman–Crippen MR) is 112 cm³/mol. The Bertz CT molecular complexity index is 814. The number of rotatable bonds is 4. The number of carbonyl (C=O) groups excluding carboxylic acids is 2. The summed E-state index contributed by atoms with van der Waals surface area (Å²) in [5, 5.41) is 23.9. The zero-order chi connectivity index (χ0) is 21.4. The van der Waals surface area contributed by atoms with Gasteiger partial charge in [-0.1, -0.05) is 6.07 Å². The highest BCUT2D eigenvalue weighted by atomic mass is 16.5. The molecule has 2 heterocycles. The Kier molecular flexibility index (Phi) is 5.88. The van der Waals surface area contributed by atoms with Crippen LogP contribution < -0.4 is 5.32 Å². The molecule has 7 nitrogen and oxygen atoms in total. The maximum Gasteiger partial charge on any atom is 0.224 e. The first-order valence-electron chi connectivity index (χ1n) is 11.0. The lowest BCUT2D eigenvalue weighted by atomic mass is 9.75. The minimum absolute atomic E-state index is 0.0639. The third-order valence-electron chi connectivity index (χ3n) is 7.00. The predicted octanol–water partition coefficient (Wildman–Crippen LogP) is 1.79. The molecule has 4 rings (SSSR count). The molecule has 2 aliphatic heterocycles. The second-order valence-corrected chi connectivity index (χ2v) is 9.19. The lowest BCUT2D eigenvalue weighted by molar-refractivity contribution is -0.245. The zero-order valence-corrected chi connectivity index (χ0v) is 17.7. The van der Waals surface area contributed by atoms with E-state index in [9.17, 15) is 19.8 Å². The van der Waals surface area contributed by atoms with Crippen molar-refractivity contribution in [3.63, 3.8) is 0 Å². The Hall–Kier alpha value is -1.96. The molecule has 164 valence electrons. The molecule has 7 heteroatoms. The van der Waals surface area contributed by atoms with Gasteiger partial charge in [-0.2, -0.15) is 0 Å².